The van der Waals surface area contributed by atoms with Crippen molar-refractivity contribution in [1.29, 1.82) is 5.41 Å². The summed E-state index contributed by atoms with van der Waals surface area (Å²) in [5, 5.41) is 13.0. The van der Waals surface area contributed by atoms with Gasteiger partial charge in [-0.25, -0.2) is 0 Å². The van der Waals surface area contributed by atoms with Crippen LogP contribution in [-0.2, 0) is 16.1 Å². The lowest BCUT2D eigenvalue weighted by Crippen LogP contribution is -2.53. The Balaban J connectivity index is 0.00000729. The Bertz CT molecular complexity index is 642. The predicted molar refractivity (Wildman–Crippen MR) is 114 cm³/mol. The molecule has 0 saturated carbocycles. The maximum absolute atomic E-state index is 12.6. The molecule has 1 aromatic rings. The summed E-state index contributed by atoms with van der Waals surface area (Å²) in [6.07, 6.45) is 3.29. The minimum atomic E-state index is -0.626. The lowest BCUT2D eigenvalue weighted by atomic mass is 9.99. The average molecular weight is 396 g/mol. The number of rotatable bonds is 11. The molecule has 0 aliphatic carbocycles. The van der Waals surface area contributed by atoms with E-state index in [4.69, 9.17) is 16.9 Å². The van der Waals surface area contributed by atoms with Crippen molar-refractivity contribution in [3.05, 3.63) is 35.4 Å². The van der Waals surface area contributed by atoms with Crippen LogP contribution in [0, 0.1) is 11.3 Å². The van der Waals surface area contributed by atoms with Gasteiger partial charge in [0.15, 0.2) is 0 Å². The van der Waals surface area contributed by atoms with E-state index in [1.165, 1.54) is 0 Å². The zero-order chi connectivity index (χ0) is 20.4. The van der Waals surface area contributed by atoms with Crippen LogP contribution in [0.4, 0.5) is 0 Å². The second-order valence-electron chi connectivity index (χ2n) is 6.58. The van der Waals surface area contributed by atoms with E-state index >= 15 is 0 Å². The van der Waals surface area contributed by atoms with Crippen LogP contribution >= 0.6 is 11.8 Å². The van der Waals surface area contributed by atoms with Gasteiger partial charge >= 0.3 is 0 Å². The monoisotopic (exact) mass is 395 g/mol. The molecule has 0 aliphatic heterocycles. The number of carbonyl (C=O) groups excluding carboxylic acids is 2. The van der Waals surface area contributed by atoms with Crippen molar-refractivity contribution in [1.82, 2.24) is 10.6 Å². The van der Waals surface area contributed by atoms with Crippen molar-refractivity contribution in [2.75, 3.05) is 12.0 Å². The summed E-state index contributed by atoms with van der Waals surface area (Å²) in [5.41, 5.74) is 12.9. The standard InChI is InChI=1S/C19H31N5O2S.H2/c1-4-12(2)16(20)19(26)24-15(9-10-27-3)18(25)23-11-13-5-7-14(8-6-13)17(21)22;/h5-8,12,15-16H,4,9-11,20H2,1-3H3,(H3,21,22)(H,23,25)(H,24,26);1H/t12?,15-,16+;/m0./s1. The van der Waals surface area contributed by atoms with Crippen LogP contribution in [0.5, 0.6) is 0 Å². The molecule has 8 heteroatoms. The summed E-state index contributed by atoms with van der Waals surface area (Å²) < 4.78 is 0. The summed E-state index contributed by atoms with van der Waals surface area (Å²) in [5.74, 6) is 0.280. The molecule has 0 radical (unpaired) electrons. The van der Waals surface area contributed by atoms with E-state index < -0.39 is 12.1 Å². The molecule has 0 aromatic heterocycles. The molecule has 3 atom stereocenters. The predicted octanol–water partition coefficient (Wildman–Crippen LogP) is 1.44. The normalized spacial score (nSPS) is 14.1. The Morgan fingerprint density at radius 1 is 1.26 bits per heavy atom. The van der Waals surface area contributed by atoms with Crippen molar-refractivity contribution in [2.45, 2.75) is 45.3 Å². The Labute approximate surface area is 167 Å². The minimum Gasteiger partial charge on any atom is -0.384 e. The van der Waals surface area contributed by atoms with E-state index in [2.05, 4.69) is 10.6 Å². The Morgan fingerprint density at radius 3 is 2.41 bits per heavy atom. The van der Waals surface area contributed by atoms with E-state index in [0.29, 0.717) is 18.5 Å². The first kappa shape index (κ1) is 23.0. The Kier molecular flexibility index (Phi) is 9.88. The Morgan fingerprint density at radius 2 is 1.89 bits per heavy atom. The highest BCUT2D eigenvalue weighted by Crippen LogP contribution is 2.08. The molecule has 7 N–H and O–H groups in total. The second kappa shape index (κ2) is 11.6. The largest absolute Gasteiger partial charge is 0.384 e. The van der Waals surface area contributed by atoms with Gasteiger partial charge in [0.05, 0.1) is 6.04 Å². The number of nitrogen functional groups attached to an aromatic ring is 1. The van der Waals surface area contributed by atoms with Gasteiger partial charge in [0, 0.05) is 13.5 Å². The maximum Gasteiger partial charge on any atom is 0.242 e. The molecule has 0 heterocycles. The highest BCUT2D eigenvalue weighted by atomic mass is 32.2. The molecule has 2 amide bonds. The first-order valence-electron chi connectivity index (χ1n) is 9.06. The average Bonchev–Trinajstić information content (AvgIpc) is 2.67. The van der Waals surface area contributed by atoms with Crippen LogP contribution in [0.15, 0.2) is 24.3 Å². The van der Waals surface area contributed by atoms with Gasteiger partial charge in [-0.3, -0.25) is 15.0 Å². The van der Waals surface area contributed by atoms with Crippen molar-refractivity contribution >= 4 is 29.4 Å². The molecule has 1 rings (SSSR count). The molecule has 0 aliphatic rings. The topological polar surface area (TPSA) is 134 Å². The molecule has 27 heavy (non-hydrogen) atoms. The van der Waals surface area contributed by atoms with E-state index in [-0.39, 0.29) is 25.0 Å². The van der Waals surface area contributed by atoms with Gasteiger partial charge in [-0.1, -0.05) is 44.5 Å². The number of hydrogen-bond donors (Lipinski definition) is 5. The van der Waals surface area contributed by atoms with Gasteiger partial charge in [-0.2, -0.15) is 11.8 Å². The number of nitrogens with two attached hydrogens (primary N) is 2. The fraction of sp³-hybridized carbons (Fsp3) is 0.526. The van der Waals surface area contributed by atoms with Crippen LogP contribution in [0.25, 0.3) is 0 Å². The number of amidine groups is 1. The van der Waals surface area contributed by atoms with Gasteiger partial charge < -0.3 is 22.1 Å². The Hall–Kier alpha value is -2.06. The van der Waals surface area contributed by atoms with Crippen molar-refractivity contribution in [3.8, 4) is 0 Å². The van der Waals surface area contributed by atoms with Gasteiger partial charge in [-0.05, 0) is 29.9 Å². The third-order valence-corrected chi connectivity index (χ3v) is 5.18. The highest BCUT2D eigenvalue weighted by Gasteiger charge is 2.25. The fourth-order valence-corrected chi connectivity index (χ4v) is 2.87. The summed E-state index contributed by atoms with van der Waals surface area (Å²) in [4.78, 5) is 24.9. The first-order chi connectivity index (χ1) is 12.8. The van der Waals surface area contributed by atoms with Gasteiger partial charge in [0.25, 0.3) is 0 Å². The summed E-state index contributed by atoms with van der Waals surface area (Å²) in [6, 6.07) is 5.86. The number of hydrogen-bond acceptors (Lipinski definition) is 5. The number of amides is 2. The third-order valence-electron chi connectivity index (χ3n) is 4.54. The minimum absolute atomic E-state index is 0. The number of benzene rings is 1. The molecule has 152 valence electrons. The molecule has 1 aromatic carbocycles. The second-order valence-corrected chi connectivity index (χ2v) is 7.57. The molecule has 0 saturated heterocycles. The summed E-state index contributed by atoms with van der Waals surface area (Å²) in [7, 11) is 0. The number of thioether (sulfide) groups is 1. The quantitative estimate of drug-likeness (QED) is 0.285. The molecule has 1 unspecified atom stereocenters. The zero-order valence-corrected chi connectivity index (χ0v) is 17.1. The highest BCUT2D eigenvalue weighted by molar-refractivity contribution is 7.98. The van der Waals surface area contributed by atoms with Gasteiger partial charge in [0.1, 0.15) is 11.9 Å². The van der Waals surface area contributed by atoms with Crippen molar-refractivity contribution in [3.63, 3.8) is 0 Å². The van der Waals surface area contributed by atoms with E-state index in [1.807, 2.05) is 32.2 Å². The van der Waals surface area contributed by atoms with E-state index in [0.717, 1.165) is 17.7 Å². The third kappa shape index (κ3) is 7.60. The molecule has 0 bridgehead atoms. The molecular formula is C19H33N5O2S. The molecule has 7 nitrogen and oxygen atoms in total. The fourth-order valence-electron chi connectivity index (χ4n) is 2.40. The smallest absolute Gasteiger partial charge is 0.242 e. The van der Waals surface area contributed by atoms with Crippen LogP contribution in [0.1, 0.15) is 39.2 Å². The van der Waals surface area contributed by atoms with Crippen molar-refractivity contribution in [2.24, 2.45) is 17.4 Å². The molecule has 0 fully saturated rings. The lowest BCUT2D eigenvalue weighted by molar-refractivity contribution is -0.130. The summed E-state index contributed by atoms with van der Waals surface area (Å²) in [6.45, 7) is 4.24. The number of carbonyl (C=O) groups is 2. The summed E-state index contributed by atoms with van der Waals surface area (Å²) >= 11 is 1.62. The van der Waals surface area contributed by atoms with Crippen molar-refractivity contribution < 1.29 is 11.0 Å². The van der Waals surface area contributed by atoms with Gasteiger partial charge in [0.2, 0.25) is 11.8 Å². The SMILES string of the molecule is CCC(C)[C@@H](N)C(=O)N[C@@H](CCSC)C(=O)NCc1ccc(C(=N)N)cc1.[HH]. The number of nitrogens with one attached hydrogen (secondary N) is 3. The molecule has 0 spiro atoms. The van der Waals surface area contributed by atoms with Crippen LogP contribution in [0.2, 0.25) is 0 Å². The van der Waals surface area contributed by atoms with Crippen LogP contribution < -0.4 is 22.1 Å². The van der Waals surface area contributed by atoms with E-state index in [1.54, 1.807) is 23.9 Å². The van der Waals surface area contributed by atoms with Crippen LogP contribution in [-0.4, -0.2) is 41.7 Å². The lowest BCUT2D eigenvalue weighted by Gasteiger charge is -2.23. The van der Waals surface area contributed by atoms with E-state index in [9.17, 15) is 9.59 Å². The van der Waals surface area contributed by atoms with Crippen LogP contribution in [0.3, 0.4) is 0 Å². The first-order valence-corrected chi connectivity index (χ1v) is 10.4. The zero-order valence-electron chi connectivity index (χ0n) is 16.2. The van der Waals surface area contributed by atoms with Gasteiger partial charge in [-0.15, -0.1) is 0 Å². The maximum atomic E-state index is 12.6. The molecular weight excluding hydrogens is 362 g/mol.